The number of aromatic amines is 1. The summed E-state index contributed by atoms with van der Waals surface area (Å²) in [5.41, 5.74) is 6.84. The third-order valence-electron chi connectivity index (χ3n) is 2.05. The van der Waals surface area contributed by atoms with Crippen LogP contribution in [0.25, 0.3) is 10.9 Å². The van der Waals surface area contributed by atoms with Crippen molar-refractivity contribution < 1.29 is 10.3 Å². The second-order valence-corrected chi connectivity index (χ2v) is 2.92. The molecule has 2 rings (SSSR count). The molecule has 0 saturated heterocycles. The molecule has 0 radical (unpaired) electrons. The minimum absolute atomic E-state index is 0.0156. The van der Waals surface area contributed by atoms with E-state index >= 15 is 0 Å². The summed E-state index contributed by atoms with van der Waals surface area (Å²) in [4.78, 5) is 2.95. The summed E-state index contributed by atoms with van der Waals surface area (Å²) in [5, 5.41) is 21.4. The summed E-state index contributed by atoms with van der Waals surface area (Å²) in [6.07, 6.45) is 1.62. The molecular formula is C9H9N3O2. The van der Waals surface area contributed by atoms with E-state index in [2.05, 4.69) is 10.1 Å². The molecule has 0 unspecified atom stereocenters. The quantitative estimate of drug-likeness (QED) is 0.234. The molecule has 5 N–H and O–H groups in total. The molecule has 2 aromatic rings. The Bertz CT molecular complexity index is 502. The van der Waals surface area contributed by atoms with Gasteiger partial charge >= 0.3 is 0 Å². The molecule has 5 nitrogen and oxygen atoms in total. The van der Waals surface area contributed by atoms with Crippen molar-refractivity contribution in [1.82, 2.24) is 4.98 Å². The van der Waals surface area contributed by atoms with Gasteiger partial charge in [-0.3, -0.25) is 0 Å². The fourth-order valence-corrected chi connectivity index (χ4v) is 1.37. The van der Waals surface area contributed by atoms with Gasteiger partial charge in [0.25, 0.3) is 0 Å². The van der Waals surface area contributed by atoms with Crippen LogP contribution in [0.15, 0.2) is 29.6 Å². The highest BCUT2D eigenvalue weighted by Crippen LogP contribution is 2.22. The van der Waals surface area contributed by atoms with E-state index in [-0.39, 0.29) is 11.6 Å². The summed E-state index contributed by atoms with van der Waals surface area (Å²) in [5.74, 6) is 0.158. The highest BCUT2D eigenvalue weighted by atomic mass is 16.4. The maximum absolute atomic E-state index is 9.27. The third kappa shape index (κ3) is 1.15. The fraction of sp³-hybridized carbons (Fsp3) is 0. The van der Waals surface area contributed by atoms with E-state index in [0.29, 0.717) is 5.56 Å². The van der Waals surface area contributed by atoms with E-state index in [1.807, 2.05) is 0 Å². The van der Waals surface area contributed by atoms with Gasteiger partial charge < -0.3 is 21.0 Å². The van der Waals surface area contributed by atoms with Crippen molar-refractivity contribution in [2.24, 2.45) is 10.9 Å². The van der Waals surface area contributed by atoms with Crippen LogP contribution in [0.1, 0.15) is 5.56 Å². The van der Waals surface area contributed by atoms with Gasteiger partial charge in [0, 0.05) is 22.7 Å². The number of nitrogens with two attached hydrogens (primary N) is 1. The number of fused-ring (bicyclic) bond motifs is 1. The Hall–Kier alpha value is -2.17. The molecule has 72 valence electrons. The molecule has 0 amide bonds. The largest absolute Gasteiger partial charge is 0.508 e. The monoisotopic (exact) mass is 191 g/mol. The molecule has 1 aromatic heterocycles. The Kier molecular flexibility index (Phi) is 1.78. The van der Waals surface area contributed by atoms with Crippen LogP contribution in [0.2, 0.25) is 0 Å². The standard InChI is InChI=1S/C9H9N3O2/c10-9(12-14)7-4-11-8-2-1-5(13)3-6(7)8/h1-4,11,13-14H,(H2,10,12). The number of nitrogens with zero attached hydrogens (tertiary/aromatic N) is 1. The lowest BCUT2D eigenvalue weighted by atomic mass is 10.1. The highest BCUT2D eigenvalue weighted by molar-refractivity contribution is 6.08. The number of phenols is 1. The van der Waals surface area contributed by atoms with Crippen LogP contribution in [-0.4, -0.2) is 21.1 Å². The van der Waals surface area contributed by atoms with Gasteiger partial charge in [0.15, 0.2) is 5.84 Å². The number of hydrogen-bond acceptors (Lipinski definition) is 3. The maximum Gasteiger partial charge on any atom is 0.172 e. The van der Waals surface area contributed by atoms with Crippen LogP contribution >= 0.6 is 0 Å². The number of nitrogens with one attached hydrogen (secondary N) is 1. The van der Waals surface area contributed by atoms with Crippen molar-refractivity contribution in [3.8, 4) is 5.75 Å². The summed E-state index contributed by atoms with van der Waals surface area (Å²) in [7, 11) is 0. The first-order valence-electron chi connectivity index (χ1n) is 4.00. The third-order valence-corrected chi connectivity index (χ3v) is 2.05. The van der Waals surface area contributed by atoms with Crippen LogP contribution in [-0.2, 0) is 0 Å². The lowest BCUT2D eigenvalue weighted by molar-refractivity contribution is 0.318. The maximum atomic E-state index is 9.27. The number of benzene rings is 1. The van der Waals surface area contributed by atoms with Crippen LogP contribution in [0.5, 0.6) is 5.75 Å². The first-order valence-corrected chi connectivity index (χ1v) is 4.00. The first kappa shape index (κ1) is 8.43. The van der Waals surface area contributed by atoms with E-state index in [9.17, 15) is 5.11 Å². The van der Waals surface area contributed by atoms with Gasteiger partial charge in [0.05, 0.1) is 0 Å². The van der Waals surface area contributed by atoms with Gasteiger partial charge in [-0.1, -0.05) is 5.16 Å². The second-order valence-electron chi connectivity index (χ2n) is 2.92. The summed E-state index contributed by atoms with van der Waals surface area (Å²) < 4.78 is 0. The molecule has 5 heteroatoms. The zero-order valence-electron chi connectivity index (χ0n) is 7.23. The van der Waals surface area contributed by atoms with Crippen LogP contribution in [0.3, 0.4) is 0 Å². The van der Waals surface area contributed by atoms with Gasteiger partial charge in [-0.2, -0.15) is 0 Å². The molecule has 0 saturated carbocycles. The number of phenolic OH excluding ortho intramolecular Hbond substituents is 1. The normalized spacial score (nSPS) is 12.1. The highest BCUT2D eigenvalue weighted by Gasteiger charge is 2.07. The van der Waals surface area contributed by atoms with Gasteiger partial charge in [-0.15, -0.1) is 0 Å². The van der Waals surface area contributed by atoms with E-state index in [0.717, 1.165) is 10.9 Å². The molecule has 1 heterocycles. The van der Waals surface area contributed by atoms with Crippen molar-refractivity contribution >= 4 is 16.7 Å². The first-order chi connectivity index (χ1) is 6.72. The molecule has 0 bridgehead atoms. The molecule has 14 heavy (non-hydrogen) atoms. The molecule has 0 aliphatic heterocycles. The average molecular weight is 191 g/mol. The summed E-state index contributed by atoms with van der Waals surface area (Å²) in [6.45, 7) is 0. The minimum atomic E-state index is 0.0156. The molecular weight excluding hydrogens is 182 g/mol. The van der Waals surface area contributed by atoms with E-state index in [1.54, 1.807) is 24.4 Å². The minimum Gasteiger partial charge on any atom is -0.508 e. The Balaban J connectivity index is 2.73. The van der Waals surface area contributed by atoms with Crippen LogP contribution in [0, 0.1) is 0 Å². The van der Waals surface area contributed by atoms with Gasteiger partial charge in [0.2, 0.25) is 0 Å². The number of amidine groups is 1. The van der Waals surface area contributed by atoms with Crippen molar-refractivity contribution in [2.75, 3.05) is 0 Å². The van der Waals surface area contributed by atoms with Gasteiger partial charge in [-0.25, -0.2) is 0 Å². The van der Waals surface area contributed by atoms with E-state index < -0.39 is 0 Å². The number of aromatic nitrogens is 1. The summed E-state index contributed by atoms with van der Waals surface area (Å²) >= 11 is 0. The lowest BCUT2D eigenvalue weighted by Crippen LogP contribution is -2.12. The van der Waals surface area contributed by atoms with Gasteiger partial charge in [-0.05, 0) is 18.2 Å². The molecule has 0 spiro atoms. The average Bonchev–Trinajstić information content (AvgIpc) is 2.59. The van der Waals surface area contributed by atoms with Crippen molar-refractivity contribution in [1.29, 1.82) is 0 Å². The Morgan fingerprint density at radius 2 is 2.21 bits per heavy atom. The number of hydrogen-bond donors (Lipinski definition) is 4. The second kappa shape index (κ2) is 2.95. The molecule has 0 aliphatic carbocycles. The van der Waals surface area contributed by atoms with Crippen molar-refractivity contribution in [3.63, 3.8) is 0 Å². The number of oxime groups is 1. The van der Waals surface area contributed by atoms with Crippen molar-refractivity contribution in [2.45, 2.75) is 0 Å². The topological polar surface area (TPSA) is 94.6 Å². The Labute approximate surface area is 79.5 Å². The zero-order valence-corrected chi connectivity index (χ0v) is 7.23. The number of H-pyrrole nitrogens is 1. The van der Waals surface area contributed by atoms with E-state index in [4.69, 9.17) is 10.9 Å². The van der Waals surface area contributed by atoms with Crippen molar-refractivity contribution in [3.05, 3.63) is 30.0 Å². The van der Waals surface area contributed by atoms with Crippen LogP contribution < -0.4 is 5.73 Å². The number of aromatic hydroxyl groups is 1. The SMILES string of the molecule is N/C(=N/O)c1c[nH]c2ccc(O)cc12. The van der Waals surface area contributed by atoms with E-state index in [1.165, 1.54) is 0 Å². The predicted molar refractivity (Wildman–Crippen MR) is 52.5 cm³/mol. The zero-order chi connectivity index (χ0) is 10.1. The van der Waals surface area contributed by atoms with Crippen LogP contribution in [0.4, 0.5) is 0 Å². The predicted octanol–water partition coefficient (Wildman–Crippen LogP) is 0.968. The lowest BCUT2D eigenvalue weighted by Gasteiger charge is -1.96. The Morgan fingerprint density at radius 3 is 2.93 bits per heavy atom. The summed E-state index contributed by atoms with van der Waals surface area (Å²) in [6, 6.07) is 4.84. The smallest absolute Gasteiger partial charge is 0.172 e. The molecule has 0 fully saturated rings. The molecule has 0 atom stereocenters. The van der Waals surface area contributed by atoms with Gasteiger partial charge in [0.1, 0.15) is 5.75 Å². The fourth-order valence-electron chi connectivity index (χ4n) is 1.37. The number of rotatable bonds is 1. The molecule has 0 aliphatic rings. The molecule has 1 aromatic carbocycles. The Morgan fingerprint density at radius 1 is 1.43 bits per heavy atom.